The highest BCUT2D eigenvalue weighted by molar-refractivity contribution is 6.25. The van der Waals surface area contributed by atoms with Crippen LogP contribution in [0.4, 0.5) is 25.1 Å². The number of likely N-dealkylation sites (tertiary alicyclic amines) is 1. The maximum atomic E-state index is 14.1. The van der Waals surface area contributed by atoms with E-state index < -0.39 is 53.3 Å². The van der Waals surface area contributed by atoms with Gasteiger partial charge in [0.25, 0.3) is 17.7 Å². The number of nitrogens with two attached hydrogens (primary N) is 2. The molecule has 2 saturated heterocycles. The number of hydrogen-bond acceptors (Lipinski definition) is 15. The fourth-order valence-electron chi connectivity index (χ4n) is 7.82. The van der Waals surface area contributed by atoms with Gasteiger partial charge in [0.05, 0.1) is 70.0 Å². The summed E-state index contributed by atoms with van der Waals surface area (Å²) in [6, 6.07) is 12.7. The molecule has 3 aromatic carbocycles. The van der Waals surface area contributed by atoms with Crippen LogP contribution in [-0.2, 0) is 33.3 Å². The molecular formula is C45H50F2N8O12. The van der Waals surface area contributed by atoms with E-state index in [1.165, 1.54) is 33.8 Å². The van der Waals surface area contributed by atoms with Crippen LogP contribution >= 0.6 is 0 Å². The molecule has 2 atom stereocenters. The molecule has 4 aromatic rings. The van der Waals surface area contributed by atoms with Crippen molar-refractivity contribution in [2.24, 2.45) is 5.73 Å². The number of nitrogens with zero attached hydrogens (tertiary/aromatic N) is 4. The highest BCUT2D eigenvalue weighted by Crippen LogP contribution is 2.35. The molecule has 67 heavy (non-hydrogen) atoms. The molecule has 2 unspecified atom stereocenters. The lowest BCUT2D eigenvalue weighted by Gasteiger charge is -2.32. The lowest BCUT2D eigenvalue weighted by atomic mass is 10.0. The van der Waals surface area contributed by atoms with Gasteiger partial charge in [-0.3, -0.25) is 34.2 Å². The Morgan fingerprint density at radius 3 is 2.19 bits per heavy atom. The fraction of sp³-hybridized carbons (Fsp3) is 0.400. The number of rotatable bonds is 22. The zero-order valence-corrected chi connectivity index (χ0v) is 36.3. The Balaban J connectivity index is 0.733. The number of aromatic nitrogens is 2. The van der Waals surface area contributed by atoms with Crippen molar-refractivity contribution in [2.75, 3.05) is 90.1 Å². The predicted octanol–water partition coefficient (Wildman–Crippen LogP) is 3.65. The van der Waals surface area contributed by atoms with Gasteiger partial charge < -0.3 is 50.1 Å². The number of imide groups is 2. The summed E-state index contributed by atoms with van der Waals surface area (Å²) in [7, 11) is 0. The van der Waals surface area contributed by atoms with E-state index in [1.54, 1.807) is 24.3 Å². The molecule has 4 heterocycles. The topological polar surface area (TPSA) is 258 Å². The van der Waals surface area contributed by atoms with Crippen LogP contribution in [-0.4, -0.2) is 140 Å². The fourth-order valence-corrected chi connectivity index (χ4v) is 7.82. The van der Waals surface area contributed by atoms with Crippen LogP contribution in [0.15, 0.2) is 60.7 Å². The summed E-state index contributed by atoms with van der Waals surface area (Å²) in [6.45, 7) is 3.30. The molecule has 0 radical (unpaired) electrons. The third kappa shape index (κ3) is 11.7. The third-order valence-corrected chi connectivity index (χ3v) is 11.0. The molecule has 3 aliphatic rings. The van der Waals surface area contributed by atoms with Gasteiger partial charge in [-0.2, -0.15) is 5.10 Å². The molecule has 0 bridgehead atoms. The molecule has 22 heteroatoms. The average Bonchev–Trinajstić information content (AvgIpc) is 3.79. The standard InChI is InChI=1S/C45H50F2N8O12/c46-28-8-12-35(32(47)25-28)67-30-9-6-27(7-10-30)39-38(41(49)57)40(48)55(52-39)29-3-2-15-53(26-29)45(61)66-24-23-65-22-21-64-20-19-63-18-17-62-16-14-50-33-5-1-4-31-37(33)44(60)54(43(31)59)34-11-13-36(56)51-42(34)58/h1,4-10,12,25,29,34,50H,2-3,11,13-24,26,48H2,(H2,49,57)(H,51,56,58). The molecule has 6 N–H and O–H groups in total. The van der Waals surface area contributed by atoms with Gasteiger partial charge in [0, 0.05) is 43.4 Å². The maximum absolute atomic E-state index is 14.1. The van der Waals surface area contributed by atoms with Gasteiger partial charge >= 0.3 is 6.09 Å². The van der Waals surface area contributed by atoms with Crippen molar-refractivity contribution in [1.29, 1.82) is 0 Å². The smallest absolute Gasteiger partial charge is 0.409 e. The number of amides is 6. The van der Waals surface area contributed by atoms with Crippen molar-refractivity contribution < 1.29 is 66.0 Å². The van der Waals surface area contributed by atoms with Crippen LogP contribution in [0.2, 0.25) is 0 Å². The number of nitrogen functional groups attached to an aromatic ring is 1. The molecular weight excluding hydrogens is 883 g/mol. The maximum Gasteiger partial charge on any atom is 0.409 e. The average molecular weight is 933 g/mol. The molecule has 0 saturated carbocycles. The summed E-state index contributed by atoms with van der Waals surface area (Å²) in [5.41, 5.74) is 13.7. The lowest BCUT2D eigenvalue weighted by molar-refractivity contribution is -0.136. The first-order valence-corrected chi connectivity index (χ1v) is 21.6. The Kier molecular flexibility index (Phi) is 16.1. The first-order valence-electron chi connectivity index (χ1n) is 21.6. The van der Waals surface area contributed by atoms with Crippen LogP contribution in [0.25, 0.3) is 11.3 Å². The number of anilines is 2. The van der Waals surface area contributed by atoms with Crippen LogP contribution in [0.5, 0.6) is 11.5 Å². The van der Waals surface area contributed by atoms with E-state index in [0.717, 1.165) is 11.0 Å². The van der Waals surface area contributed by atoms with E-state index >= 15 is 0 Å². The van der Waals surface area contributed by atoms with Crippen molar-refractivity contribution in [3.63, 3.8) is 0 Å². The Labute approximate surface area is 382 Å². The van der Waals surface area contributed by atoms with E-state index in [1.807, 2.05) is 0 Å². The number of halogens is 2. The minimum absolute atomic E-state index is 0.0121. The highest BCUT2D eigenvalue weighted by atomic mass is 19.1. The quantitative estimate of drug-likeness (QED) is 0.0648. The number of primary amides is 1. The largest absolute Gasteiger partial charge is 0.454 e. The number of nitrogens with one attached hydrogen (secondary N) is 2. The summed E-state index contributed by atoms with van der Waals surface area (Å²) in [4.78, 5) is 78.1. The minimum Gasteiger partial charge on any atom is -0.454 e. The number of fused-ring (bicyclic) bond motifs is 1. The highest BCUT2D eigenvalue weighted by Gasteiger charge is 2.45. The van der Waals surface area contributed by atoms with E-state index in [-0.39, 0.29) is 91.6 Å². The van der Waals surface area contributed by atoms with Crippen molar-refractivity contribution in [3.05, 3.63) is 89.0 Å². The van der Waals surface area contributed by atoms with Crippen molar-refractivity contribution >= 4 is 47.1 Å². The zero-order valence-electron chi connectivity index (χ0n) is 36.3. The van der Waals surface area contributed by atoms with Gasteiger partial charge in [0.1, 0.15) is 41.3 Å². The van der Waals surface area contributed by atoms with E-state index in [9.17, 15) is 37.5 Å². The van der Waals surface area contributed by atoms with Crippen LogP contribution < -0.4 is 26.8 Å². The Bertz CT molecular complexity index is 2470. The Morgan fingerprint density at radius 2 is 1.52 bits per heavy atom. The summed E-state index contributed by atoms with van der Waals surface area (Å²) in [5, 5.41) is 9.93. The first kappa shape index (κ1) is 47.9. The molecule has 0 aliphatic carbocycles. The first-order chi connectivity index (χ1) is 32.4. The van der Waals surface area contributed by atoms with Gasteiger partial charge in [-0.1, -0.05) is 6.07 Å². The van der Waals surface area contributed by atoms with Crippen LogP contribution in [0, 0.1) is 11.6 Å². The molecule has 356 valence electrons. The van der Waals surface area contributed by atoms with E-state index in [2.05, 4.69) is 15.7 Å². The minimum atomic E-state index is -1.04. The molecule has 6 amide bonds. The Morgan fingerprint density at radius 1 is 0.836 bits per heavy atom. The number of ether oxygens (including phenoxy) is 6. The van der Waals surface area contributed by atoms with Gasteiger partial charge in [0.2, 0.25) is 11.8 Å². The second kappa shape index (κ2) is 22.5. The number of benzene rings is 3. The summed E-state index contributed by atoms with van der Waals surface area (Å²) < 4.78 is 62.0. The van der Waals surface area contributed by atoms with E-state index in [4.69, 9.17) is 39.9 Å². The van der Waals surface area contributed by atoms with Crippen molar-refractivity contribution in [3.8, 4) is 22.8 Å². The zero-order chi connectivity index (χ0) is 47.5. The van der Waals surface area contributed by atoms with Gasteiger partial charge in [0.15, 0.2) is 11.6 Å². The third-order valence-electron chi connectivity index (χ3n) is 11.0. The molecule has 0 spiro atoms. The van der Waals surface area contributed by atoms with Gasteiger partial charge in [-0.25, -0.2) is 18.3 Å². The second-order valence-electron chi connectivity index (χ2n) is 15.5. The predicted molar refractivity (Wildman–Crippen MR) is 233 cm³/mol. The molecule has 1 aromatic heterocycles. The number of piperidine rings is 2. The summed E-state index contributed by atoms with van der Waals surface area (Å²) in [6.07, 6.45) is 0.821. The van der Waals surface area contributed by atoms with E-state index in [0.29, 0.717) is 76.3 Å². The number of carbonyl (C=O) groups is 6. The molecule has 20 nitrogen and oxygen atoms in total. The number of carbonyl (C=O) groups excluding carboxylic acids is 6. The lowest BCUT2D eigenvalue weighted by Crippen LogP contribution is -2.54. The second-order valence-corrected chi connectivity index (χ2v) is 15.5. The molecule has 3 aliphatic heterocycles. The summed E-state index contributed by atoms with van der Waals surface area (Å²) in [5.74, 6) is -4.51. The van der Waals surface area contributed by atoms with Crippen LogP contribution in [0.3, 0.4) is 0 Å². The molecule has 7 rings (SSSR count). The monoisotopic (exact) mass is 932 g/mol. The van der Waals surface area contributed by atoms with Gasteiger partial charge in [-0.05, 0) is 67.8 Å². The normalized spacial score (nSPS) is 17.1. The molecule has 2 fully saturated rings. The number of hydrogen-bond donors (Lipinski definition) is 4. The summed E-state index contributed by atoms with van der Waals surface area (Å²) >= 11 is 0. The Hall–Kier alpha value is -7.01. The van der Waals surface area contributed by atoms with Crippen molar-refractivity contribution in [2.45, 2.75) is 37.8 Å². The van der Waals surface area contributed by atoms with Gasteiger partial charge in [-0.15, -0.1) is 0 Å². The van der Waals surface area contributed by atoms with Crippen molar-refractivity contribution in [1.82, 2.24) is 24.9 Å². The SMILES string of the molecule is NC(=O)c1c(-c2ccc(Oc3ccc(F)cc3F)cc2)nn(C2CCCN(C(=O)OCCOCCOCCOCCOCCNc3cccc4c3C(=O)N(C3CCC(=O)NC3=O)C4=O)C2)c1N. The van der Waals surface area contributed by atoms with Crippen LogP contribution in [0.1, 0.15) is 62.8 Å².